The molecule has 1 aliphatic rings. The Labute approximate surface area is 116 Å². The van der Waals surface area contributed by atoms with Gasteiger partial charge in [0, 0.05) is 35.9 Å². The summed E-state index contributed by atoms with van der Waals surface area (Å²) in [5, 5.41) is 0.567. The number of anilines is 1. The predicted octanol–water partition coefficient (Wildman–Crippen LogP) is 3.58. The molecule has 0 bridgehead atoms. The van der Waals surface area contributed by atoms with Crippen LogP contribution in [0.25, 0.3) is 0 Å². The first-order valence-corrected chi connectivity index (χ1v) is 6.53. The lowest BCUT2D eigenvalue weighted by atomic mass is 10.1. The topological polar surface area (TPSA) is 29.3 Å². The molecule has 2 nitrogen and oxygen atoms in total. The highest BCUT2D eigenvalue weighted by Crippen LogP contribution is 2.27. The highest BCUT2D eigenvalue weighted by molar-refractivity contribution is 6.30. The Hall–Kier alpha value is -1.58. The molecule has 0 atom stereocenters. The number of nitrogens with zero attached hydrogens (tertiary/aromatic N) is 1. The van der Waals surface area contributed by atoms with E-state index in [1.165, 1.54) is 17.2 Å². The van der Waals surface area contributed by atoms with Crippen molar-refractivity contribution >= 4 is 17.3 Å². The summed E-state index contributed by atoms with van der Waals surface area (Å²) < 4.78 is 13.7. The molecule has 0 saturated heterocycles. The van der Waals surface area contributed by atoms with E-state index in [4.69, 9.17) is 17.3 Å². The van der Waals surface area contributed by atoms with Gasteiger partial charge in [0.2, 0.25) is 0 Å². The van der Waals surface area contributed by atoms with Crippen LogP contribution in [0.15, 0.2) is 36.4 Å². The van der Waals surface area contributed by atoms with Crippen LogP contribution in [0.4, 0.5) is 10.1 Å². The standard InChI is InChI=1S/C15H14ClFN2/c16-13-2-4-15(17)12(5-13)9-19-7-10-1-3-14(18)6-11(10)8-19/h1-6H,7-9,18H2. The van der Waals surface area contributed by atoms with Gasteiger partial charge >= 0.3 is 0 Å². The van der Waals surface area contributed by atoms with Crippen LogP contribution in [0.5, 0.6) is 0 Å². The molecule has 19 heavy (non-hydrogen) atoms. The fourth-order valence-electron chi connectivity index (χ4n) is 2.50. The predicted molar refractivity (Wildman–Crippen MR) is 75.2 cm³/mol. The Morgan fingerprint density at radius 2 is 1.89 bits per heavy atom. The van der Waals surface area contributed by atoms with E-state index in [2.05, 4.69) is 4.90 Å². The van der Waals surface area contributed by atoms with E-state index in [9.17, 15) is 4.39 Å². The molecule has 4 heteroatoms. The van der Waals surface area contributed by atoms with Gasteiger partial charge in [-0.2, -0.15) is 0 Å². The zero-order valence-electron chi connectivity index (χ0n) is 10.4. The van der Waals surface area contributed by atoms with E-state index in [1.54, 1.807) is 12.1 Å². The molecule has 1 aliphatic heterocycles. The fourth-order valence-corrected chi connectivity index (χ4v) is 2.70. The molecule has 0 spiro atoms. The number of nitrogens with two attached hydrogens (primary N) is 1. The number of rotatable bonds is 2. The van der Waals surface area contributed by atoms with Gasteiger partial charge in [0.15, 0.2) is 0 Å². The maximum Gasteiger partial charge on any atom is 0.127 e. The second-order valence-electron chi connectivity index (χ2n) is 4.91. The molecule has 0 saturated carbocycles. The zero-order valence-corrected chi connectivity index (χ0v) is 11.1. The van der Waals surface area contributed by atoms with Gasteiger partial charge in [-0.3, -0.25) is 4.90 Å². The molecule has 0 fully saturated rings. The van der Waals surface area contributed by atoms with Gasteiger partial charge in [0.25, 0.3) is 0 Å². The third-order valence-electron chi connectivity index (χ3n) is 3.42. The van der Waals surface area contributed by atoms with Crippen molar-refractivity contribution in [3.05, 3.63) is 63.9 Å². The van der Waals surface area contributed by atoms with Gasteiger partial charge in [-0.25, -0.2) is 4.39 Å². The van der Waals surface area contributed by atoms with Crippen LogP contribution in [0, 0.1) is 5.82 Å². The van der Waals surface area contributed by atoms with E-state index in [0.717, 1.165) is 18.8 Å². The first-order chi connectivity index (χ1) is 9.11. The molecule has 0 aliphatic carbocycles. The summed E-state index contributed by atoms with van der Waals surface area (Å²) in [4.78, 5) is 2.18. The molecule has 0 radical (unpaired) electrons. The summed E-state index contributed by atoms with van der Waals surface area (Å²) in [6, 6.07) is 10.6. The maximum atomic E-state index is 13.7. The fraction of sp³-hybridized carbons (Fsp3) is 0.200. The monoisotopic (exact) mass is 276 g/mol. The number of fused-ring (bicyclic) bond motifs is 1. The quantitative estimate of drug-likeness (QED) is 0.850. The van der Waals surface area contributed by atoms with E-state index in [-0.39, 0.29) is 5.82 Å². The molecule has 98 valence electrons. The summed E-state index contributed by atoms with van der Waals surface area (Å²) in [5.74, 6) is -0.208. The summed E-state index contributed by atoms with van der Waals surface area (Å²) in [5.41, 5.74) is 9.67. The van der Waals surface area contributed by atoms with Crippen LogP contribution in [0.2, 0.25) is 5.02 Å². The molecule has 2 aromatic rings. The Morgan fingerprint density at radius 3 is 2.74 bits per heavy atom. The molecule has 0 unspecified atom stereocenters. The minimum Gasteiger partial charge on any atom is -0.399 e. The first kappa shape index (κ1) is 12.5. The highest BCUT2D eigenvalue weighted by Gasteiger charge is 2.20. The molecular formula is C15H14ClFN2. The number of nitrogen functional groups attached to an aromatic ring is 1. The largest absolute Gasteiger partial charge is 0.399 e. The van der Waals surface area contributed by atoms with Crippen LogP contribution in [-0.2, 0) is 19.6 Å². The number of benzene rings is 2. The van der Waals surface area contributed by atoms with Gasteiger partial charge in [-0.05, 0) is 41.5 Å². The van der Waals surface area contributed by atoms with Gasteiger partial charge in [-0.1, -0.05) is 17.7 Å². The lowest BCUT2D eigenvalue weighted by Crippen LogP contribution is -2.16. The van der Waals surface area contributed by atoms with E-state index in [1.807, 2.05) is 18.2 Å². The molecule has 1 heterocycles. The number of hydrogen-bond donors (Lipinski definition) is 1. The van der Waals surface area contributed by atoms with Crippen molar-refractivity contribution in [3.63, 3.8) is 0 Å². The SMILES string of the molecule is Nc1ccc2c(c1)CN(Cc1cc(Cl)ccc1F)C2. The van der Waals surface area contributed by atoms with Gasteiger partial charge < -0.3 is 5.73 Å². The average molecular weight is 277 g/mol. The van der Waals surface area contributed by atoms with Crippen LogP contribution in [-0.4, -0.2) is 4.90 Å². The molecule has 0 amide bonds. The molecule has 0 aromatic heterocycles. The third-order valence-corrected chi connectivity index (χ3v) is 3.66. The van der Waals surface area contributed by atoms with Crippen LogP contribution >= 0.6 is 11.6 Å². The van der Waals surface area contributed by atoms with Crippen molar-refractivity contribution in [1.29, 1.82) is 0 Å². The molecule has 2 aromatic carbocycles. The minimum absolute atomic E-state index is 0.208. The van der Waals surface area contributed by atoms with Gasteiger partial charge in [0.1, 0.15) is 5.82 Å². The Bertz CT molecular complexity index is 628. The number of hydrogen-bond acceptors (Lipinski definition) is 2. The van der Waals surface area contributed by atoms with Crippen LogP contribution in [0.1, 0.15) is 16.7 Å². The number of halogens is 2. The first-order valence-electron chi connectivity index (χ1n) is 6.15. The summed E-state index contributed by atoms with van der Waals surface area (Å²) in [6.07, 6.45) is 0. The zero-order chi connectivity index (χ0) is 13.4. The van der Waals surface area contributed by atoms with E-state index in [0.29, 0.717) is 17.1 Å². The lowest BCUT2D eigenvalue weighted by Gasteiger charge is -2.15. The van der Waals surface area contributed by atoms with Crippen molar-refractivity contribution in [1.82, 2.24) is 4.90 Å². The summed E-state index contributed by atoms with van der Waals surface area (Å²) in [7, 11) is 0. The second kappa shape index (κ2) is 4.83. The smallest absolute Gasteiger partial charge is 0.127 e. The van der Waals surface area contributed by atoms with Gasteiger partial charge in [-0.15, -0.1) is 0 Å². The Morgan fingerprint density at radius 1 is 1.11 bits per heavy atom. The van der Waals surface area contributed by atoms with Crippen molar-refractivity contribution in [2.45, 2.75) is 19.6 Å². The van der Waals surface area contributed by atoms with E-state index < -0.39 is 0 Å². The molecule has 3 rings (SSSR count). The van der Waals surface area contributed by atoms with Crippen molar-refractivity contribution in [3.8, 4) is 0 Å². The van der Waals surface area contributed by atoms with Crippen molar-refractivity contribution in [2.24, 2.45) is 0 Å². The highest BCUT2D eigenvalue weighted by atomic mass is 35.5. The van der Waals surface area contributed by atoms with Gasteiger partial charge in [0.05, 0.1) is 0 Å². The molecule has 2 N–H and O–H groups in total. The van der Waals surface area contributed by atoms with Crippen LogP contribution in [0.3, 0.4) is 0 Å². The lowest BCUT2D eigenvalue weighted by molar-refractivity contribution is 0.271. The third kappa shape index (κ3) is 2.57. The summed E-state index contributed by atoms with van der Waals surface area (Å²) in [6.45, 7) is 2.18. The van der Waals surface area contributed by atoms with Crippen molar-refractivity contribution < 1.29 is 4.39 Å². The van der Waals surface area contributed by atoms with Crippen molar-refractivity contribution in [2.75, 3.05) is 5.73 Å². The minimum atomic E-state index is -0.208. The maximum absolute atomic E-state index is 13.7. The summed E-state index contributed by atoms with van der Waals surface area (Å²) >= 11 is 5.91. The normalized spacial score (nSPS) is 14.6. The Balaban J connectivity index is 1.78. The van der Waals surface area contributed by atoms with Crippen LogP contribution < -0.4 is 5.73 Å². The van der Waals surface area contributed by atoms with E-state index >= 15 is 0 Å². The molecular weight excluding hydrogens is 263 g/mol. The average Bonchev–Trinajstić information content (AvgIpc) is 2.75. The Kier molecular flexibility index (Phi) is 3.17. The second-order valence-corrected chi connectivity index (χ2v) is 5.35.